The number of nitrogens with zero attached hydrogens (tertiary/aromatic N) is 3. The van der Waals surface area contributed by atoms with E-state index in [1.807, 2.05) is 25.4 Å². The van der Waals surface area contributed by atoms with E-state index in [9.17, 15) is 9.18 Å². The molecule has 1 atom stereocenters. The minimum Gasteiger partial charge on any atom is -0.333 e. The van der Waals surface area contributed by atoms with Crippen LogP contribution in [0.15, 0.2) is 59.9 Å². The molecule has 27 heavy (non-hydrogen) atoms. The number of halogens is 1. The van der Waals surface area contributed by atoms with E-state index in [0.29, 0.717) is 10.9 Å². The molecule has 4 rings (SSSR count). The summed E-state index contributed by atoms with van der Waals surface area (Å²) in [6, 6.07) is 14.5. The van der Waals surface area contributed by atoms with Crippen molar-refractivity contribution in [2.24, 2.45) is 0 Å². The van der Waals surface area contributed by atoms with Crippen molar-refractivity contribution >= 4 is 17.7 Å². The lowest BCUT2D eigenvalue weighted by atomic mass is 10.1. The molecule has 0 aliphatic heterocycles. The molecule has 4 nitrogen and oxygen atoms in total. The topological polar surface area (TPSA) is 38.1 Å². The monoisotopic (exact) mass is 381 g/mol. The average molecular weight is 381 g/mol. The summed E-state index contributed by atoms with van der Waals surface area (Å²) < 4.78 is 15.1. The van der Waals surface area contributed by atoms with Crippen molar-refractivity contribution in [2.75, 3.05) is 13.3 Å². The second-order valence-electron chi connectivity index (χ2n) is 6.61. The van der Waals surface area contributed by atoms with Gasteiger partial charge in [-0.15, -0.1) is 0 Å². The highest BCUT2D eigenvalue weighted by Gasteiger charge is 2.31. The number of aromatic nitrogens is 2. The molecule has 0 bridgehead atoms. The Labute approximate surface area is 162 Å². The number of hydrogen-bond donors (Lipinski definition) is 0. The van der Waals surface area contributed by atoms with Gasteiger partial charge in [-0.1, -0.05) is 36.0 Å². The Hall–Kier alpha value is -2.60. The first-order chi connectivity index (χ1) is 13.1. The van der Waals surface area contributed by atoms with E-state index in [4.69, 9.17) is 0 Å². The van der Waals surface area contributed by atoms with Gasteiger partial charge < -0.3 is 4.90 Å². The van der Waals surface area contributed by atoms with Crippen molar-refractivity contribution in [1.29, 1.82) is 0 Å². The summed E-state index contributed by atoms with van der Waals surface area (Å²) in [4.78, 5) is 19.5. The zero-order valence-corrected chi connectivity index (χ0v) is 16.0. The lowest BCUT2D eigenvalue weighted by molar-refractivity contribution is 0.0722. The van der Waals surface area contributed by atoms with Crippen LogP contribution in [-0.2, 0) is 6.42 Å². The van der Waals surface area contributed by atoms with Gasteiger partial charge >= 0.3 is 0 Å². The van der Waals surface area contributed by atoms with Crippen LogP contribution < -0.4 is 0 Å². The first-order valence-corrected chi connectivity index (χ1v) is 10.0. The van der Waals surface area contributed by atoms with Gasteiger partial charge in [0.1, 0.15) is 11.5 Å². The van der Waals surface area contributed by atoms with Crippen LogP contribution in [-0.4, -0.2) is 33.7 Å². The lowest BCUT2D eigenvalue weighted by Gasteiger charge is -2.26. The van der Waals surface area contributed by atoms with Crippen LogP contribution in [0.1, 0.15) is 34.1 Å². The average Bonchev–Trinajstić information content (AvgIpc) is 3.31. The number of benzene rings is 2. The summed E-state index contributed by atoms with van der Waals surface area (Å²) in [5.74, 6) is -0.397. The molecule has 0 fully saturated rings. The molecule has 1 amide bonds. The van der Waals surface area contributed by atoms with Crippen molar-refractivity contribution < 1.29 is 9.18 Å². The Kier molecular flexibility index (Phi) is 4.74. The fourth-order valence-corrected chi connectivity index (χ4v) is 4.27. The maximum Gasteiger partial charge on any atom is 0.272 e. The molecule has 2 aromatic carbocycles. The SMILES string of the molecule is CSc1ncc(C(=O)N(C)C2CCc3ccccc32)n1-c1ccc(F)cc1. The van der Waals surface area contributed by atoms with E-state index in [0.717, 1.165) is 18.5 Å². The third-order valence-electron chi connectivity index (χ3n) is 5.11. The Balaban J connectivity index is 1.70. The number of aryl methyl sites for hydroxylation is 1. The van der Waals surface area contributed by atoms with Gasteiger partial charge in [0.25, 0.3) is 5.91 Å². The Morgan fingerprint density at radius 2 is 1.96 bits per heavy atom. The smallest absolute Gasteiger partial charge is 0.272 e. The van der Waals surface area contributed by atoms with Gasteiger partial charge in [-0.25, -0.2) is 9.37 Å². The Morgan fingerprint density at radius 3 is 2.70 bits per heavy atom. The molecule has 1 unspecified atom stereocenters. The number of carbonyl (C=O) groups excluding carboxylic acids is 1. The maximum atomic E-state index is 13.3. The molecule has 0 radical (unpaired) electrons. The minimum atomic E-state index is -0.308. The van der Waals surface area contributed by atoms with Gasteiger partial charge in [0.05, 0.1) is 12.2 Å². The largest absolute Gasteiger partial charge is 0.333 e. The molecule has 1 aliphatic carbocycles. The maximum absolute atomic E-state index is 13.3. The molecule has 1 aliphatic rings. The van der Waals surface area contributed by atoms with Gasteiger partial charge in [-0.2, -0.15) is 0 Å². The zero-order valence-electron chi connectivity index (χ0n) is 15.2. The fraction of sp³-hybridized carbons (Fsp3) is 0.238. The Morgan fingerprint density at radius 1 is 1.22 bits per heavy atom. The molecule has 0 spiro atoms. The highest BCUT2D eigenvalue weighted by atomic mass is 32.2. The number of amides is 1. The van der Waals surface area contributed by atoms with Crippen LogP contribution in [0.3, 0.4) is 0 Å². The van der Waals surface area contributed by atoms with E-state index in [2.05, 4.69) is 17.1 Å². The first kappa shape index (κ1) is 17.8. The van der Waals surface area contributed by atoms with E-state index < -0.39 is 0 Å². The van der Waals surface area contributed by atoms with E-state index in [-0.39, 0.29) is 17.8 Å². The quantitative estimate of drug-likeness (QED) is 0.625. The van der Waals surface area contributed by atoms with Crippen LogP contribution in [0.2, 0.25) is 0 Å². The van der Waals surface area contributed by atoms with E-state index in [1.54, 1.807) is 27.8 Å². The molecule has 6 heteroatoms. The number of imidazole rings is 1. The van der Waals surface area contributed by atoms with Gasteiger partial charge in [0.15, 0.2) is 5.16 Å². The van der Waals surface area contributed by atoms with Crippen LogP contribution in [0.25, 0.3) is 5.69 Å². The van der Waals surface area contributed by atoms with Gasteiger partial charge in [0, 0.05) is 12.7 Å². The van der Waals surface area contributed by atoms with Gasteiger partial charge in [-0.05, 0) is 54.5 Å². The lowest BCUT2D eigenvalue weighted by Crippen LogP contribution is -2.31. The molecular formula is C21H20FN3OS. The molecule has 138 valence electrons. The van der Waals surface area contributed by atoms with Gasteiger partial charge in [-0.3, -0.25) is 9.36 Å². The molecule has 0 saturated carbocycles. The summed E-state index contributed by atoms with van der Waals surface area (Å²) in [5.41, 5.74) is 3.73. The second kappa shape index (κ2) is 7.19. The standard InChI is InChI=1S/C21H20FN3OS/c1-24(18-12-7-14-5-3-4-6-17(14)18)20(26)19-13-23-21(27-2)25(19)16-10-8-15(22)9-11-16/h3-6,8-11,13,18H,7,12H2,1-2H3. The van der Waals surface area contributed by atoms with Crippen molar-refractivity contribution in [3.05, 3.63) is 77.4 Å². The molecule has 1 aromatic heterocycles. The normalized spacial score (nSPS) is 15.6. The van der Waals surface area contributed by atoms with Crippen LogP contribution >= 0.6 is 11.8 Å². The first-order valence-electron chi connectivity index (χ1n) is 8.82. The summed E-state index contributed by atoms with van der Waals surface area (Å²) in [5, 5.41) is 0.699. The fourth-order valence-electron chi connectivity index (χ4n) is 3.73. The molecule has 1 heterocycles. The minimum absolute atomic E-state index is 0.0583. The second-order valence-corrected chi connectivity index (χ2v) is 7.38. The molecular weight excluding hydrogens is 361 g/mol. The van der Waals surface area contributed by atoms with Crippen molar-refractivity contribution in [3.63, 3.8) is 0 Å². The molecule has 3 aromatic rings. The number of hydrogen-bond acceptors (Lipinski definition) is 3. The number of carbonyl (C=O) groups is 1. The number of fused-ring (bicyclic) bond motifs is 1. The summed E-state index contributed by atoms with van der Waals surface area (Å²) >= 11 is 1.45. The number of rotatable bonds is 4. The predicted octanol–water partition coefficient (Wildman–Crippen LogP) is 4.49. The number of thioether (sulfide) groups is 1. The zero-order chi connectivity index (χ0) is 19.0. The Bertz CT molecular complexity index is 983. The van der Waals surface area contributed by atoms with E-state index >= 15 is 0 Å². The van der Waals surface area contributed by atoms with Crippen LogP contribution in [0.4, 0.5) is 4.39 Å². The van der Waals surface area contributed by atoms with Crippen molar-refractivity contribution in [1.82, 2.24) is 14.5 Å². The van der Waals surface area contributed by atoms with Crippen molar-refractivity contribution in [2.45, 2.75) is 24.0 Å². The van der Waals surface area contributed by atoms with Gasteiger partial charge in [0.2, 0.25) is 0 Å². The highest BCUT2D eigenvalue weighted by Crippen LogP contribution is 2.36. The predicted molar refractivity (Wildman–Crippen MR) is 105 cm³/mol. The highest BCUT2D eigenvalue weighted by molar-refractivity contribution is 7.98. The summed E-state index contributed by atoms with van der Waals surface area (Å²) in [6.45, 7) is 0. The summed E-state index contributed by atoms with van der Waals surface area (Å²) in [6.07, 6.45) is 5.41. The van der Waals surface area contributed by atoms with E-state index in [1.165, 1.54) is 35.0 Å². The third kappa shape index (κ3) is 3.14. The third-order valence-corrected chi connectivity index (χ3v) is 5.76. The molecule has 0 N–H and O–H groups in total. The van der Waals surface area contributed by atoms with Crippen molar-refractivity contribution in [3.8, 4) is 5.69 Å². The molecule has 0 saturated heterocycles. The van der Waals surface area contributed by atoms with Crippen LogP contribution in [0.5, 0.6) is 0 Å². The van der Waals surface area contributed by atoms with Crippen LogP contribution in [0, 0.1) is 5.82 Å². The summed E-state index contributed by atoms with van der Waals surface area (Å²) in [7, 11) is 1.84.